The summed E-state index contributed by atoms with van der Waals surface area (Å²) in [7, 11) is -3.39. The summed E-state index contributed by atoms with van der Waals surface area (Å²) < 4.78 is 28.7. The minimum absolute atomic E-state index is 0. The van der Waals surface area contributed by atoms with E-state index in [1.54, 1.807) is 8.61 Å². The Morgan fingerprint density at radius 2 is 2.00 bits per heavy atom. The average Bonchev–Trinajstić information content (AvgIpc) is 2.46. The Hall–Kier alpha value is -0.660. The van der Waals surface area contributed by atoms with Crippen molar-refractivity contribution < 1.29 is 8.42 Å². The fourth-order valence-corrected chi connectivity index (χ4v) is 4.24. The highest BCUT2D eigenvalue weighted by molar-refractivity contribution is 7.86. The van der Waals surface area contributed by atoms with Gasteiger partial charge in [-0.05, 0) is 12.5 Å². The van der Waals surface area contributed by atoms with Crippen molar-refractivity contribution >= 4 is 22.6 Å². The molecular weight excluding hydrogens is 310 g/mol. The Labute approximate surface area is 133 Å². The van der Waals surface area contributed by atoms with Gasteiger partial charge in [0.05, 0.1) is 0 Å². The van der Waals surface area contributed by atoms with Crippen LogP contribution in [0, 0.1) is 0 Å². The fraction of sp³-hybridized carbons (Fsp3) is 0.571. The lowest BCUT2D eigenvalue weighted by Gasteiger charge is -2.36. The molecule has 5 nitrogen and oxygen atoms in total. The van der Waals surface area contributed by atoms with Crippen LogP contribution in [-0.2, 0) is 16.8 Å². The van der Waals surface area contributed by atoms with Crippen molar-refractivity contribution in [1.82, 2.24) is 13.9 Å². The van der Waals surface area contributed by atoms with Gasteiger partial charge in [0.2, 0.25) is 0 Å². The quantitative estimate of drug-likeness (QED) is 0.887. The van der Waals surface area contributed by atoms with Crippen LogP contribution in [0.2, 0.25) is 0 Å². The molecule has 120 valence electrons. The van der Waals surface area contributed by atoms with E-state index in [4.69, 9.17) is 0 Å². The summed E-state index contributed by atoms with van der Waals surface area (Å²) in [5.41, 5.74) is 1.01. The van der Waals surface area contributed by atoms with E-state index in [2.05, 4.69) is 5.32 Å². The zero-order valence-electron chi connectivity index (χ0n) is 12.5. The predicted molar refractivity (Wildman–Crippen MR) is 87.7 cm³/mol. The summed E-state index contributed by atoms with van der Waals surface area (Å²) >= 11 is 0. The largest absolute Gasteiger partial charge is 0.314 e. The molecule has 7 heteroatoms. The summed E-state index contributed by atoms with van der Waals surface area (Å²) in [4.78, 5) is 0. The third kappa shape index (κ3) is 4.40. The van der Waals surface area contributed by atoms with E-state index < -0.39 is 10.2 Å². The Morgan fingerprint density at radius 1 is 1.33 bits per heavy atom. The standard InChI is InChI=1S/C14H23N3O2S.ClH/c1-3-16(12-14-7-5-4-6-8-14)20(18,19)17-10-9-15-11-13(17)2;/h4-8,13,15H,3,9-12H2,1-2H3;1H. The fourth-order valence-electron chi connectivity index (χ4n) is 2.46. The summed E-state index contributed by atoms with van der Waals surface area (Å²) in [5, 5.41) is 3.22. The highest BCUT2D eigenvalue weighted by atomic mass is 35.5. The second kappa shape index (κ2) is 8.10. The Kier molecular flexibility index (Phi) is 7.09. The minimum atomic E-state index is -3.39. The van der Waals surface area contributed by atoms with Crippen molar-refractivity contribution in [1.29, 1.82) is 0 Å². The van der Waals surface area contributed by atoms with Crippen LogP contribution in [0.5, 0.6) is 0 Å². The molecule has 1 aliphatic heterocycles. The van der Waals surface area contributed by atoms with Crippen molar-refractivity contribution in [3.63, 3.8) is 0 Å². The SMILES string of the molecule is CCN(Cc1ccccc1)S(=O)(=O)N1CCNCC1C.Cl. The molecule has 21 heavy (non-hydrogen) atoms. The molecule has 0 aromatic heterocycles. The lowest BCUT2D eigenvalue weighted by Crippen LogP contribution is -2.56. The van der Waals surface area contributed by atoms with Gasteiger partial charge in [-0.15, -0.1) is 12.4 Å². The second-order valence-electron chi connectivity index (χ2n) is 5.08. The van der Waals surface area contributed by atoms with Gasteiger partial charge in [-0.3, -0.25) is 0 Å². The number of hydrogen-bond acceptors (Lipinski definition) is 3. The number of benzene rings is 1. The van der Waals surface area contributed by atoms with Gasteiger partial charge in [0.1, 0.15) is 0 Å². The van der Waals surface area contributed by atoms with E-state index in [-0.39, 0.29) is 18.4 Å². The molecule has 1 aromatic carbocycles. The molecule has 1 aliphatic rings. The first-order valence-corrected chi connectivity index (χ1v) is 8.47. The highest BCUT2D eigenvalue weighted by Gasteiger charge is 2.33. The molecular formula is C14H24ClN3O2S. The molecule has 1 heterocycles. The predicted octanol–water partition coefficient (Wildman–Crippen LogP) is 1.47. The Morgan fingerprint density at radius 3 is 2.57 bits per heavy atom. The first kappa shape index (κ1) is 18.4. The molecule has 0 saturated carbocycles. The summed E-state index contributed by atoms with van der Waals surface area (Å²) in [6.07, 6.45) is 0. The van der Waals surface area contributed by atoms with Gasteiger partial charge in [-0.2, -0.15) is 17.0 Å². The topological polar surface area (TPSA) is 52.7 Å². The van der Waals surface area contributed by atoms with Crippen LogP contribution < -0.4 is 5.32 Å². The van der Waals surface area contributed by atoms with E-state index >= 15 is 0 Å². The first-order valence-electron chi connectivity index (χ1n) is 7.07. The minimum Gasteiger partial charge on any atom is -0.314 e. The van der Waals surface area contributed by atoms with E-state index in [1.165, 1.54) is 0 Å². The van der Waals surface area contributed by atoms with Crippen molar-refractivity contribution in [2.75, 3.05) is 26.2 Å². The molecule has 2 rings (SSSR count). The van der Waals surface area contributed by atoms with Gasteiger partial charge in [0.15, 0.2) is 0 Å². The van der Waals surface area contributed by atoms with Gasteiger partial charge >= 0.3 is 0 Å². The summed E-state index contributed by atoms with van der Waals surface area (Å²) in [6.45, 7) is 6.70. The molecule has 1 saturated heterocycles. The van der Waals surface area contributed by atoms with E-state index in [0.29, 0.717) is 32.7 Å². The third-order valence-corrected chi connectivity index (χ3v) is 5.79. The molecule has 0 aliphatic carbocycles. The van der Waals surface area contributed by atoms with Gasteiger partial charge in [-0.25, -0.2) is 0 Å². The number of hydrogen-bond donors (Lipinski definition) is 1. The van der Waals surface area contributed by atoms with Gasteiger partial charge in [0, 0.05) is 38.8 Å². The molecule has 1 fully saturated rings. The lowest BCUT2D eigenvalue weighted by molar-refractivity contribution is 0.256. The Bertz CT molecular complexity index is 524. The molecule has 1 unspecified atom stereocenters. The second-order valence-corrected chi connectivity index (χ2v) is 6.96. The lowest BCUT2D eigenvalue weighted by atomic mass is 10.2. The molecule has 1 N–H and O–H groups in total. The smallest absolute Gasteiger partial charge is 0.282 e. The zero-order chi connectivity index (χ0) is 14.6. The van der Waals surface area contributed by atoms with Crippen molar-refractivity contribution in [2.45, 2.75) is 26.4 Å². The summed E-state index contributed by atoms with van der Waals surface area (Å²) in [5.74, 6) is 0. The van der Waals surface area contributed by atoms with Crippen LogP contribution in [0.3, 0.4) is 0 Å². The number of piperazine rings is 1. The first-order chi connectivity index (χ1) is 9.55. The molecule has 0 amide bonds. The van der Waals surface area contributed by atoms with Crippen molar-refractivity contribution in [2.24, 2.45) is 0 Å². The molecule has 1 atom stereocenters. The molecule has 0 bridgehead atoms. The third-order valence-electron chi connectivity index (χ3n) is 3.62. The summed E-state index contributed by atoms with van der Waals surface area (Å²) in [6, 6.07) is 9.72. The zero-order valence-corrected chi connectivity index (χ0v) is 14.2. The molecule has 0 spiro atoms. The average molecular weight is 334 g/mol. The normalized spacial score (nSPS) is 20.2. The Balaban J connectivity index is 0.00000220. The van der Waals surface area contributed by atoms with Crippen molar-refractivity contribution in [3.05, 3.63) is 35.9 Å². The van der Waals surface area contributed by atoms with Gasteiger partial charge in [-0.1, -0.05) is 37.3 Å². The van der Waals surface area contributed by atoms with Crippen LogP contribution in [-0.4, -0.2) is 49.2 Å². The maximum atomic E-state index is 12.8. The van der Waals surface area contributed by atoms with Gasteiger partial charge < -0.3 is 5.32 Å². The van der Waals surface area contributed by atoms with Crippen molar-refractivity contribution in [3.8, 4) is 0 Å². The maximum absolute atomic E-state index is 12.8. The number of halogens is 1. The van der Waals surface area contributed by atoms with Crippen LogP contribution in [0.4, 0.5) is 0 Å². The number of nitrogens with zero attached hydrogens (tertiary/aromatic N) is 2. The van der Waals surface area contributed by atoms with E-state index in [0.717, 1.165) is 5.56 Å². The molecule has 0 radical (unpaired) electrons. The monoisotopic (exact) mass is 333 g/mol. The van der Waals surface area contributed by atoms with Crippen LogP contribution in [0.25, 0.3) is 0 Å². The van der Waals surface area contributed by atoms with E-state index in [1.807, 2.05) is 44.2 Å². The van der Waals surface area contributed by atoms with Crippen LogP contribution in [0.1, 0.15) is 19.4 Å². The van der Waals surface area contributed by atoms with Crippen LogP contribution in [0.15, 0.2) is 30.3 Å². The van der Waals surface area contributed by atoms with Gasteiger partial charge in [0.25, 0.3) is 10.2 Å². The maximum Gasteiger partial charge on any atom is 0.282 e. The number of rotatable bonds is 5. The van der Waals surface area contributed by atoms with E-state index in [9.17, 15) is 8.42 Å². The molecule has 1 aromatic rings. The highest BCUT2D eigenvalue weighted by Crippen LogP contribution is 2.17. The van der Waals surface area contributed by atoms with Crippen LogP contribution >= 0.6 is 12.4 Å². The number of nitrogens with one attached hydrogen (secondary N) is 1.